The summed E-state index contributed by atoms with van der Waals surface area (Å²) in [5.74, 6) is 1.29. The number of fused-ring (bicyclic) bond motifs is 1. The molecule has 0 fully saturated rings. The number of ether oxygens (including phenoxy) is 2. The van der Waals surface area contributed by atoms with Gasteiger partial charge >= 0.3 is 0 Å². The van der Waals surface area contributed by atoms with Crippen LogP contribution in [0.15, 0.2) is 55.1 Å². The van der Waals surface area contributed by atoms with Crippen molar-refractivity contribution in [1.29, 1.82) is 0 Å². The molecule has 0 aliphatic heterocycles. The van der Waals surface area contributed by atoms with Gasteiger partial charge < -0.3 is 9.47 Å². The minimum Gasteiger partial charge on any atom is -0.480 e. The molecule has 0 saturated heterocycles. The largest absolute Gasteiger partial charge is 0.480 e. The molecular formula is C25H25NO2. The summed E-state index contributed by atoms with van der Waals surface area (Å²) in [5, 5.41) is 0. The highest BCUT2D eigenvalue weighted by atomic mass is 16.5. The van der Waals surface area contributed by atoms with E-state index < -0.39 is 0 Å². The zero-order valence-corrected chi connectivity index (χ0v) is 16.5. The van der Waals surface area contributed by atoms with Crippen LogP contribution >= 0.6 is 0 Å². The van der Waals surface area contributed by atoms with E-state index in [4.69, 9.17) is 9.47 Å². The summed E-state index contributed by atoms with van der Waals surface area (Å²) < 4.78 is 11.7. The van der Waals surface area contributed by atoms with Crippen LogP contribution in [0.3, 0.4) is 0 Å². The number of rotatable bonds is 6. The van der Waals surface area contributed by atoms with Crippen molar-refractivity contribution in [2.45, 2.75) is 32.8 Å². The summed E-state index contributed by atoms with van der Waals surface area (Å²) in [4.78, 5) is 4.64. The molecule has 0 bridgehead atoms. The van der Waals surface area contributed by atoms with Gasteiger partial charge in [-0.3, -0.25) is 0 Å². The van der Waals surface area contributed by atoms with E-state index in [2.05, 4.69) is 61.0 Å². The fourth-order valence-electron chi connectivity index (χ4n) is 4.03. The van der Waals surface area contributed by atoms with Crippen LogP contribution in [0.4, 0.5) is 0 Å². The number of pyridine rings is 1. The normalized spacial score (nSPS) is 12.5. The van der Waals surface area contributed by atoms with E-state index >= 15 is 0 Å². The molecule has 3 heteroatoms. The SMILES string of the molecule is C=Cc1c(OC)nc(OCc2cccc(-c3ccccc3)c2C)c2c1CCC2. The number of nitrogens with zero attached hydrogens (tertiary/aromatic N) is 1. The van der Waals surface area contributed by atoms with Crippen LogP contribution in [-0.4, -0.2) is 12.1 Å². The highest BCUT2D eigenvalue weighted by molar-refractivity contribution is 5.68. The third-order valence-corrected chi connectivity index (χ3v) is 5.53. The van der Waals surface area contributed by atoms with Gasteiger partial charge in [-0.25, -0.2) is 0 Å². The molecule has 0 unspecified atom stereocenters. The molecule has 1 aliphatic carbocycles. The molecule has 28 heavy (non-hydrogen) atoms. The van der Waals surface area contributed by atoms with E-state index in [0.29, 0.717) is 18.4 Å². The van der Waals surface area contributed by atoms with Crippen LogP contribution in [0.1, 0.15) is 34.2 Å². The predicted molar refractivity (Wildman–Crippen MR) is 114 cm³/mol. The van der Waals surface area contributed by atoms with Crippen molar-refractivity contribution in [2.75, 3.05) is 7.11 Å². The van der Waals surface area contributed by atoms with Crippen molar-refractivity contribution >= 4 is 6.08 Å². The van der Waals surface area contributed by atoms with Gasteiger partial charge in [-0.15, -0.1) is 0 Å². The van der Waals surface area contributed by atoms with Gasteiger partial charge in [-0.05, 0) is 54.0 Å². The Morgan fingerprint density at radius 3 is 2.54 bits per heavy atom. The second-order valence-electron chi connectivity index (χ2n) is 7.10. The van der Waals surface area contributed by atoms with Gasteiger partial charge in [0.15, 0.2) is 0 Å². The molecule has 0 N–H and O–H groups in total. The maximum absolute atomic E-state index is 6.22. The monoisotopic (exact) mass is 371 g/mol. The minimum atomic E-state index is 0.489. The lowest BCUT2D eigenvalue weighted by Crippen LogP contribution is -2.06. The Morgan fingerprint density at radius 1 is 1.00 bits per heavy atom. The average molecular weight is 371 g/mol. The van der Waals surface area contributed by atoms with E-state index in [1.54, 1.807) is 7.11 Å². The molecule has 0 spiro atoms. The highest BCUT2D eigenvalue weighted by Gasteiger charge is 2.23. The Labute approximate surface area is 166 Å². The average Bonchev–Trinajstić information content (AvgIpc) is 3.23. The standard InChI is InChI=1S/C25H25NO2/c1-4-20-22-14-9-15-23(22)25(26-24(20)27-3)28-16-19-12-8-13-21(17(19)2)18-10-6-5-7-11-18/h4-8,10-13H,1,9,14-16H2,2-3H3. The molecule has 0 amide bonds. The molecular weight excluding hydrogens is 346 g/mol. The molecule has 0 saturated carbocycles. The lowest BCUT2D eigenvalue weighted by molar-refractivity contribution is 0.283. The topological polar surface area (TPSA) is 31.4 Å². The first-order valence-electron chi connectivity index (χ1n) is 9.71. The summed E-state index contributed by atoms with van der Waals surface area (Å²) in [6, 6.07) is 16.8. The van der Waals surface area contributed by atoms with E-state index in [1.165, 1.54) is 33.4 Å². The maximum atomic E-state index is 6.22. The number of hydrogen-bond acceptors (Lipinski definition) is 3. The summed E-state index contributed by atoms with van der Waals surface area (Å²) in [7, 11) is 1.65. The van der Waals surface area contributed by atoms with Gasteiger partial charge in [0.1, 0.15) is 6.61 Å². The van der Waals surface area contributed by atoms with Gasteiger partial charge in [0, 0.05) is 11.1 Å². The van der Waals surface area contributed by atoms with Crippen LogP contribution in [0.5, 0.6) is 11.8 Å². The number of aromatic nitrogens is 1. The van der Waals surface area contributed by atoms with Crippen molar-refractivity contribution < 1.29 is 9.47 Å². The first-order valence-corrected chi connectivity index (χ1v) is 9.71. The second-order valence-corrected chi connectivity index (χ2v) is 7.10. The van der Waals surface area contributed by atoms with Crippen LogP contribution in [-0.2, 0) is 19.4 Å². The Balaban J connectivity index is 1.64. The first kappa shape index (κ1) is 18.3. The molecule has 1 aliphatic rings. The van der Waals surface area contributed by atoms with Gasteiger partial charge in [0.25, 0.3) is 0 Å². The van der Waals surface area contributed by atoms with Crippen LogP contribution in [0, 0.1) is 6.92 Å². The Bertz CT molecular complexity index is 1010. The molecule has 1 heterocycles. The van der Waals surface area contributed by atoms with Gasteiger partial charge in [0.05, 0.1) is 7.11 Å². The van der Waals surface area contributed by atoms with Crippen LogP contribution in [0.25, 0.3) is 17.2 Å². The van der Waals surface area contributed by atoms with E-state index in [-0.39, 0.29) is 0 Å². The van der Waals surface area contributed by atoms with Gasteiger partial charge in [-0.1, -0.05) is 61.2 Å². The lowest BCUT2D eigenvalue weighted by atomic mass is 9.97. The molecule has 2 aromatic carbocycles. The summed E-state index contributed by atoms with van der Waals surface area (Å²) in [6.45, 7) is 6.57. The third-order valence-electron chi connectivity index (χ3n) is 5.53. The van der Waals surface area contributed by atoms with Crippen molar-refractivity contribution in [2.24, 2.45) is 0 Å². The van der Waals surface area contributed by atoms with Crippen molar-refractivity contribution in [3.8, 4) is 22.9 Å². The molecule has 4 rings (SSSR count). The fourth-order valence-corrected chi connectivity index (χ4v) is 4.03. The van der Waals surface area contributed by atoms with Crippen molar-refractivity contribution in [3.63, 3.8) is 0 Å². The predicted octanol–water partition coefficient (Wildman–Crippen LogP) is 5.78. The van der Waals surface area contributed by atoms with E-state index in [9.17, 15) is 0 Å². The van der Waals surface area contributed by atoms with E-state index in [0.717, 1.165) is 24.8 Å². The third kappa shape index (κ3) is 3.29. The van der Waals surface area contributed by atoms with Gasteiger partial charge in [0.2, 0.25) is 11.8 Å². The Hall–Kier alpha value is -3.07. The smallest absolute Gasteiger partial charge is 0.224 e. The zero-order chi connectivity index (χ0) is 19.5. The molecule has 1 aromatic heterocycles. The van der Waals surface area contributed by atoms with Crippen molar-refractivity contribution in [3.05, 3.63) is 82.9 Å². The second kappa shape index (κ2) is 7.89. The van der Waals surface area contributed by atoms with Crippen LogP contribution < -0.4 is 9.47 Å². The quantitative estimate of drug-likeness (QED) is 0.551. The zero-order valence-electron chi connectivity index (χ0n) is 16.5. The summed E-state index contributed by atoms with van der Waals surface area (Å²) in [6.07, 6.45) is 4.97. The van der Waals surface area contributed by atoms with Gasteiger partial charge in [-0.2, -0.15) is 4.98 Å². The molecule has 3 aromatic rings. The summed E-state index contributed by atoms with van der Waals surface area (Å²) >= 11 is 0. The maximum Gasteiger partial charge on any atom is 0.224 e. The number of methoxy groups -OCH3 is 1. The van der Waals surface area contributed by atoms with Crippen molar-refractivity contribution in [1.82, 2.24) is 4.98 Å². The summed E-state index contributed by atoms with van der Waals surface area (Å²) in [5.41, 5.74) is 8.34. The number of benzene rings is 2. The Kier molecular flexibility index (Phi) is 5.16. The number of hydrogen-bond donors (Lipinski definition) is 0. The molecule has 142 valence electrons. The molecule has 0 atom stereocenters. The Morgan fingerprint density at radius 2 is 1.79 bits per heavy atom. The minimum absolute atomic E-state index is 0.489. The molecule has 0 radical (unpaired) electrons. The first-order chi connectivity index (χ1) is 13.7. The van der Waals surface area contributed by atoms with E-state index in [1.807, 2.05) is 12.1 Å². The lowest BCUT2D eigenvalue weighted by Gasteiger charge is -2.16. The fraction of sp³-hybridized carbons (Fsp3) is 0.240. The molecule has 3 nitrogen and oxygen atoms in total. The van der Waals surface area contributed by atoms with Crippen LogP contribution in [0.2, 0.25) is 0 Å². The highest BCUT2D eigenvalue weighted by Crippen LogP contribution is 2.37.